The second kappa shape index (κ2) is 8.35. The van der Waals surface area contributed by atoms with Crippen LogP contribution in [0.3, 0.4) is 0 Å². The minimum Gasteiger partial charge on any atom is -0.497 e. The third-order valence-electron chi connectivity index (χ3n) is 4.03. The average molecular weight is 368 g/mol. The molecule has 0 unspecified atom stereocenters. The Morgan fingerprint density at radius 2 is 1.52 bits per heavy atom. The highest BCUT2D eigenvalue weighted by atomic mass is 16.5. The quantitative estimate of drug-likeness (QED) is 0.733. The van der Waals surface area contributed by atoms with Crippen molar-refractivity contribution < 1.29 is 23.9 Å². The van der Waals surface area contributed by atoms with Crippen molar-refractivity contribution in [3.8, 4) is 5.75 Å². The molecule has 7 nitrogen and oxygen atoms in total. The standard InChI is InChI=1S/C20H20N2O5/c1-26-17-10-8-16(9-11-17)22-19(24)13-4-6-15(7-5-13)21-18(23)12-27-20(25)14-2-3-14/h4-11,14H,2-3,12H2,1H3,(H,21,23)(H,22,24). The lowest BCUT2D eigenvalue weighted by Gasteiger charge is -2.08. The molecule has 0 spiro atoms. The van der Waals surface area contributed by atoms with Crippen molar-refractivity contribution in [2.75, 3.05) is 24.4 Å². The second-order valence-corrected chi connectivity index (χ2v) is 6.19. The fraction of sp³-hybridized carbons (Fsp3) is 0.250. The van der Waals surface area contributed by atoms with Gasteiger partial charge >= 0.3 is 5.97 Å². The zero-order valence-electron chi connectivity index (χ0n) is 14.9. The third-order valence-corrected chi connectivity index (χ3v) is 4.03. The van der Waals surface area contributed by atoms with Gasteiger partial charge in [-0.2, -0.15) is 0 Å². The molecule has 2 aromatic rings. The van der Waals surface area contributed by atoms with Gasteiger partial charge in [0.25, 0.3) is 11.8 Å². The second-order valence-electron chi connectivity index (χ2n) is 6.19. The Morgan fingerprint density at radius 3 is 2.11 bits per heavy atom. The number of methoxy groups -OCH3 is 1. The SMILES string of the molecule is COc1ccc(NC(=O)c2ccc(NC(=O)COC(=O)C3CC3)cc2)cc1. The van der Waals surface area contributed by atoms with Gasteiger partial charge in [0.1, 0.15) is 5.75 Å². The van der Waals surface area contributed by atoms with Gasteiger partial charge in [-0.25, -0.2) is 0 Å². The highest BCUT2D eigenvalue weighted by molar-refractivity contribution is 6.04. The topological polar surface area (TPSA) is 93.7 Å². The molecule has 27 heavy (non-hydrogen) atoms. The predicted octanol–water partition coefficient (Wildman–Crippen LogP) is 2.84. The number of carbonyl (C=O) groups is 3. The Labute approximate surface area is 156 Å². The van der Waals surface area contributed by atoms with Crippen LogP contribution in [-0.4, -0.2) is 31.5 Å². The number of rotatable bonds is 7. The van der Waals surface area contributed by atoms with E-state index in [1.807, 2.05) is 0 Å². The number of hydrogen-bond donors (Lipinski definition) is 2. The van der Waals surface area contributed by atoms with E-state index in [2.05, 4.69) is 10.6 Å². The van der Waals surface area contributed by atoms with Crippen LogP contribution in [0, 0.1) is 5.92 Å². The number of nitrogens with one attached hydrogen (secondary N) is 2. The molecule has 0 bridgehead atoms. The van der Waals surface area contributed by atoms with Gasteiger partial charge in [-0.1, -0.05) is 0 Å². The Hall–Kier alpha value is -3.35. The largest absolute Gasteiger partial charge is 0.497 e. The van der Waals surface area contributed by atoms with Crippen LogP contribution in [0.15, 0.2) is 48.5 Å². The Bertz CT molecular complexity index is 826. The van der Waals surface area contributed by atoms with Gasteiger partial charge < -0.3 is 20.1 Å². The van der Waals surface area contributed by atoms with Crippen molar-refractivity contribution in [1.29, 1.82) is 0 Å². The molecule has 1 aliphatic rings. The van der Waals surface area contributed by atoms with E-state index in [0.717, 1.165) is 12.8 Å². The third kappa shape index (κ3) is 5.31. The highest BCUT2D eigenvalue weighted by Crippen LogP contribution is 2.30. The number of anilines is 2. The van der Waals surface area contributed by atoms with Crippen molar-refractivity contribution in [3.63, 3.8) is 0 Å². The zero-order valence-corrected chi connectivity index (χ0v) is 14.9. The molecule has 2 aromatic carbocycles. The van der Waals surface area contributed by atoms with Crippen LogP contribution in [-0.2, 0) is 14.3 Å². The number of benzene rings is 2. The smallest absolute Gasteiger partial charge is 0.309 e. The maximum absolute atomic E-state index is 12.3. The molecule has 0 saturated heterocycles. The summed E-state index contributed by atoms with van der Waals surface area (Å²) in [4.78, 5) is 35.5. The van der Waals surface area contributed by atoms with Crippen LogP contribution in [0.25, 0.3) is 0 Å². The maximum Gasteiger partial charge on any atom is 0.309 e. The Morgan fingerprint density at radius 1 is 0.926 bits per heavy atom. The molecule has 1 fully saturated rings. The molecule has 2 amide bonds. The summed E-state index contributed by atoms with van der Waals surface area (Å²) in [6.07, 6.45) is 1.67. The van der Waals surface area contributed by atoms with E-state index < -0.39 is 5.91 Å². The molecular weight excluding hydrogens is 348 g/mol. The number of carbonyl (C=O) groups excluding carboxylic acids is 3. The molecule has 3 rings (SSSR count). The number of esters is 1. The van der Waals surface area contributed by atoms with Gasteiger partial charge in [-0.3, -0.25) is 14.4 Å². The Balaban J connectivity index is 1.50. The lowest BCUT2D eigenvalue weighted by molar-refractivity contribution is -0.148. The Kier molecular flexibility index (Phi) is 5.71. The molecule has 1 aliphatic carbocycles. The summed E-state index contributed by atoms with van der Waals surface area (Å²) in [5.41, 5.74) is 1.61. The van der Waals surface area contributed by atoms with Crippen molar-refractivity contribution in [2.24, 2.45) is 5.92 Å². The van der Waals surface area contributed by atoms with Gasteiger partial charge in [0.2, 0.25) is 0 Å². The van der Waals surface area contributed by atoms with E-state index in [-0.39, 0.29) is 24.4 Å². The summed E-state index contributed by atoms with van der Waals surface area (Å²) in [5.74, 6) is -0.344. The summed E-state index contributed by atoms with van der Waals surface area (Å²) < 4.78 is 9.99. The molecule has 0 aromatic heterocycles. The molecule has 7 heteroatoms. The van der Waals surface area contributed by atoms with E-state index in [1.165, 1.54) is 0 Å². The summed E-state index contributed by atoms with van der Waals surface area (Å²) in [6, 6.07) is 13.4. The first-order valence-corrected chi connectivity index (χ1v) is 8.57. The van der Waals surface area contributed by atoms with Crippen LogP contribution in [0.5, 0.6) is 5.75 Å². The van der Waals surface area contributed by atoms with Crippen LogP contribution in [0.4, 0.5) is 11.4 Å². The molecular formula is C20H20N2O5. The lowest BCUT2D eigenvalue weighted by Crippen LogP contribution is -2.21. The zero-order chi connectivity index (χ0) is 19.2. The lowest BCUT2D eigenvalue weighted by atomic mass is 10.2. The molecule has 1 saturated carbocycles. The monoisotopic (exact) mass is 368 g/mol. The van der Waals surface area contributed by atoms with E-state index >= 15 is 0 Å². The van der Waals surface area contributed by atoms with Gasteiger partial charge in [0.05, 0.1) is 13.0 Å². The van der Waals surface area contributed by atoms with Gasteiger partial charge in [0, 0.05) is 16.9 Å². The number of hydrogen-bond acceptors (Lipinski definition) is 5. The summed E-state index contributed by atoms with van der Waals surface area (Å²) >= 11 is 0. The first-order chi connectivity index (χ1) is 13.0. The van der Waals surface area contributed by atoms with Crippen molar-refractivity contribution in [2.45, 2.75) is 12.8 Å². The van der Waals surface area contributed by atoms with E-state index in [9.17, 15) is 14.4 Å². The summed E-state index contributed by atoms with van der Waals surface area (Å²) in [6.45, 7) is -0.310. The minimum atomic E-state index is -0.417. The highest BCUT2D eigenvalue weighted by Gasteiger charge is 2.31. The van der Waals surface area contributed by atoms with Crippen molar-refractivity contribution in [1.82, 2.24) is 0 Å². The fourth-order valence-corrected chi connectivity index (χ4v) is 2.35. The average Bonchev–Trinajstić information content (AvgIpc) is 3.52. The molecule has 140 valence electrons. The van der Waals surface area contributed by atoms with Crippen LogP contribution in [0.1, 0.15) is 23.2 Å². The first-order valence-electron chi connectivity index (χ1n) is 8.57. The van der Waals surface area contributed by atoms with E-state index in [0.29, 0.717) is 22.7 Å². The molecule has 0 radical (unpaired) electrons. The summed E-state index contributed by atoms with van der Waals surface area (Å²) in [5, 5.41) is 5.40. The van der Waals surface area contributed by atoms with Crippen LogP contribution in [0.2, 0.25) is 0 Å². The van der Waals surface area contributed by atoms with E-state index in [4.69, 9.17) is 9.47 Å². The number of ether oxygens (including phenoxy) is 2. The minimum absolute atomic E-state index is 0.0405. The van der Waals surface area contributed by atoms with Crippen molar-refractivity contribution in [3.05, 3.63) is 54.1 Å². The number of amides is 2. The summed E-state index contributed by atoms with van der Waals surface area (Å²) in [7, 11) is 1.57. The van der Waals surface area contributed by atoms with Gasteiger partial charge in [0.15, 0.2) is 6.61 Å². The van der Waals surface area contributed by atoms with Crippen LogP contribution < -0.4 is 15.4 Å². The normalized spacial score (nSPS) is 12.8. The fourth-order valence-electron chi connectivity index (χ4n) is 2.35. The van der Waals surface area contributed by atoms with E-state index in [1.54, 1.807) is 55.6 Å². The van der Waals surface area contributed by atoms with Gasteiger partial charge in [-0.15, -0.1) is 0 Å². The molecule has 0 atom stereocenters. The van der Waals surface area contributed by atoms with Crippen molar-refractivity contribution >= 4 is 29.2 Å². The van der Waals surface area contributed by atoms with Crippen LogP contribution >= 0.6 is 0 Å². The first kappa shape index (κ1) is 18.4. The molecule has 0 heterocycles. The molecule has 2 N–H and O–H groups in total. The van der Waals surface area contributed by atoms with Gasteiger partial charge in [-0.05, 0) is 61.4 Å². The predicted molar refractivity (Wildman–Crippen MR) is 99.7 cm³/mol. The molecule has 0 aliphatic heterocycles. The maximum atomic E-state index is 12.3.